The zero-order valence-corrected chi connectivity index (χ0v) is 13.9. The number of carbonyl (C=O) groups is 1. The molecule has 3 aromatic rings. The number of halogens is 1. The molecule has 2 aromatic heterocycles. The fraction of sp³-hybridized carbons (Fsp3) is 0.118. The summed E-state index contributed by atoms with van der Waals surface area (Å²) in [6.07, 6.45) is 1.45. The molecule has 2 N–H and O–H groups in total. The molecule has 1 aromatic carbocycles. The molecule has 0 aliphatic heterocycles. The molecule has 0 fully saturated rings. The van der Waals surface area contributed by atoms with Gasteiger partial charge in [-0.05, 0) is 44.2 Å². The summed E-state index contributed by atoms with van der Waals surface area (Å²) in [6.45, 7) is 3.53. The number of nitrogens with zero attached hydrogens (tertiary/aromatic N) is 2. The Morgan fingerprint density at radius 2 is 2.04 bits per heavy atom. The largest absolute Gasteiger partial charge is 0.327 e. The highest BCUT2D eigenvalue weighted by Crippen LogP contribution is 2.17. The molecule has 1 amide bonds. The van der Waals surface area contributed by atoms with E-state index >= 15 is 0 Å². The van der Waals surface area contributed by atoms with E-state index < -0.39 is 0 Å². The van der Waals surface area contributed by atoms with Crippen LogP contribution in [0.1, 0.15) is 21.7 Å². The van der Waals surface area contributed by atoms with Gasteiger partial charge in [0.1, 0.15) is 0 Å². The van der Waals surface area contributed by atoms with Crippen molar-refractivity contribution < 1.29 is 4.79 Å². The Hall–Kier alpha value is -2.86. The van der Waals surface area contributed by atoms with E-state index in [0.29, 0.717) is 16.3 Å². The molecule has 0 saturated carbocycles. The summed E-state index contributed by atoms with van der Waals surface area (Å²) < 4.78 is 1.65. The van der Waals surface area contributed by atoms with Crippen LogP contribution in [0.25, 0.3) is 5.69 Å². The first-order valence-electron chi connectivity index (χ1n) is 7.27. The third-order valence-corrected chi connectivity index (χ3v) is 3.75. The molecule has 0 spiro atoms. The molecule has 122 valence electrons. The summed E-state index contributed by atoms with van der Waals surface area (Å²) in [4.78, 5) is 26.3. The van der Waals surface area contributed by atoms with Crippen LogP contribution in [-0.2, 0) is 0 Å². The van der Waals surface area contributed by atoms with Crippen molar-refractivity contribution in [3.63, 3.8) is 0 Å². The Morgan fingerprint density at radius 1 is 1.25 bits per heavy atom. The first kappa shape index (κ1) is 16.0. The molecule has 0 aliphatic carbocycles. The summed E-state index contributed by atoms with van der Waals surface area (Å²) in [7, 11) is 0. The zero-order chi connectivity index (χ0) is 17.3. The number of nitrogens with one attached hydrogen (secondary N) is 2. The third kappa shape index (κ3) is 3.23. The van der Waals surface area contributed by atoms with Gasteiger partial charge >= 0.3 is 0 Å². The van der Waals surface area contributed by atoms with Crippen LogP contribution in [0.5, 0.6) is 0 Å². The molecule has 7 heteroatoms. The van der Waals surface area contributed by atoms with Gasteiger partial charge in [-0.3, -0.25) is 9.59 Å². The number of benzene rings is 1. The van der Waals surface area contributed by atoms with Gasteiger partial charge in [0.05, 0.1) is 11.4 Å². The van der Waals surface area contributed by atoms with Gasteiger partial charge in [0.15, 0.2) is 5.69 Å². The first-order chi connectivity index (χ1) is 11.4. The second kappa shape index (κ2) is 6.33. The van der Waals surface area contributed by atoms with Gasteiger partial charge in [-0.25, -0.2) is 4.68 Å². The number of H-pyrrole nitrogens is 1. The predicted molar refractivity (Wildman–Crippen MR) is 93.1 cm³/mol. The molecule has 0 saturated heterocycles. The molecule has 0 unspecified atom stereocenters. The van der Waals surface area contributed by atoms with Gasteiger partial charge in [-0.1, -0.05) is 17.7 Å². The second-order valence-corrected chi connectivity index (χ2v) is 5.85. The Labute approximate surface area is 143 Å². The van der Waals surface area contributed by atoms with E-state index in [1.807, 2.05) is 19.1 Å². The maximum atomic E-state index is 12.4. The van der Waals surface area contributed by atoms with Gasteiger partial charge in [0, 0.05) is 22.5 Å². The minimum atomic E-state index is -0.356. The van der Waals surface area contributed by atoms with Crippen LogP contribution in [0.2, 0.25) is 5.02 Å². The highest BCUT2D eigenvalue weighted by molar-refractivity contribution is 6.30. The van der Waals surface area contributed by atoms with Gasteiger partial charge in [-0.2, -0.15) is 5.10 Å². The fourth-order valence-electron chi connectivity index (χ4n) is 2.32. The molecule has 3 rings (SSSR count). The van der Waals surface area contributed by atoms with E-state index in [2.05, 4.69) is 15.4 Å². The van der Waals surface area contributed by atoms with Crippen molar-refractivity contribution in [3.8, 4) is 5.69 Å². The maximum absolute atomic E-state index is 12.4. The Balaban J connectivity index is 1.87. The number of amides is 1. The molecule has 0 radical (unpaired) electrons. The molecule has 0 aliphatic rings. The van der Waals surface area contributed by atoms with Crippen molar-refractivity contribution in [3.05, 3.63) is 74.9 Å². The van der Waals surface area contributed by atoms with Crippen molar-refractivity contribution in [2.75, 3.05) is 5.32 Å². The van der Waals surface area contributed by atoms with Crippen molar-refractivity contribution >= 4 is 23.2 Å². The van der Waals surface area contributed by atoms with Crippen LogP contribution in [0.4, 0.5) is 5.69 Å². The van der Waals surface area contributed by atoms with Crippen LogP contribution in [0.15, 0.2) is 47.4 Å². The molecule has 0 bridgehead atoms. The topological polar surface area (TPSA) is 79.8 Å². The highest BCUT2D eigenvalue weighted by atomic mass is 35.5. The Bertz CT molecular complexity index is 975. The summed E-state index contributed by atoms with van der Waals surface area (Å²) in [5.41, 5.74) is 2.70. The van der Waals surface area contributed by atoms with E-state index in [-0.39, 0.29) is 17.2 Å². The van der Waals surface area contributed by atoms with Gasteiger partial charge < -0.3 is 10.3 Å². The minimum Gasteiger partial charge on any atom is -0.327 e. The zero-order valence-electron chi connectivity index (χ0n) is 13.1. The third-order valence-electron chi connectivity index (χ3n) is 3.52. The Morgan fingerprint density at radius 3 is 2.75 bits per heavy atom. The van der Waals surface area contributed by atoms with Crippen molar-refractivity contribution in [2.45, 2.75) is 13.8 Å². The van der Waals surface area contributed by atoms with E-state index in [1.54, 1.807) is 35.9 Å². The quantitative estimate of drug-likeness (QED) is 0.767. The second-order valence-electron chi connectivity index (χ2n) is 5.42. The van der Waals surface area contributed by atoms with Gasteiger partial charge in [0.25, 0.3) is 11.5 Å². The van der Waals surface area contributed by atoms with E-state index in [4.69, 9.17) is 11.6 Å². The summed E-state index contributed by atoms with van der Waals surface area (Å²) in [6, 6.07) is 10.5. The predicted octanol–water partition coefficient (Wildman–Crippen LogP) is 3.08. The summed E-state index contributed by atoms with van der Waals surface area (Å²) in [5.74, 6) is -0.356. The number of aromatic amines is 1. The average Bonchev–Trinajstić information content (AvgIpc) is 2.93. The normalized spacial score (nSPS) is 10.6. The standard InChI is InChI=1S/C17H15ClN4O2/c1-10-6-13(9-19-16(10)23)20-17(24)15-7-11(2)22(21-15)14-5-3-4-12(18)8-14/h3-9H,1-2H3,(H,19,23)(H,20,24). The molecular weight excluding hydrogens is 328 g/mol. The smallest absolute Gasteiger partial charge is 0.276 e. The highest BCUT2D eigenvalue weighted by Gasteiger charge is 2.14. The molecule has 24 heavy (non-hydrogen) atoms. The lowest BCUT2D eigenvalue weighted by atomic mass is 10.3. The number of rotatable bonds is 3. The molecule has 2 heterocycles. The number of pyridine rings is 1. The van der Waals surface area contributed by atoms with Crippen molar-refractivity contribution in [1.82, 2.24) is 14.8 Å². The van der Waals surface area contributed by atoms with Crippen molar-refractivity contribution in [1.29, 1.82) is 0 Å². The van der Waals surface area contributed by atoms with Crippen LogP contribution in [-0.4, -0.2) is 20.7 Å². The number of aryl methyl sites for hydroxylation is 2. The van der Waals surface area contributed by atoms with E-state index in [9.17, 15) is 9.59 Å². The summed E-state index contributed by atoms with van der Waals surface area (Å²) in [5, 5.41) is 7.64. The number of anilines is 1. The van der Waals surface area contributed by atoms with Crippen LogP contribution in [0.3, 0.4) is 0 Å². The Kier molecular flexibility index (Phi) is 4.22. The van der Waals surface area contributed by atoms with Crippen LogP contribution >= 0.6 is 11.6 Å². The fourth-order valence-corrected chi connectivity index (χ4v) is 2.50. The van der Waals surface area contributed by atoms with Crippen molar-refractivity contribution in [2.24, 2.45) is 0 Å². The van der Waals surface area contributed by atoms with Gasteiger partial charge in [0.2, 0.25) is 0 Å². The average molecular weight is 343 g/mol. The lowest BCUT2D eigenvalue weighted by molar-refractivity contribution is 0.102. The lowest BCUT2D eigenvalue weighted by Gasteiger charge is -2.05. The molecule has 6 nitrogen and oxygen atoms in total. The molecule has 0 atom stereocenters. The van der Waals surface area contributed by atoms with Crippen LogP contribution in [0, 0.1) is 13.8 Å². The minimum absolute atomic E-state index is 0.186. The number of hydrogen-bond donors (Lipinski definition) is 2. The van der Waals surface area contributed by atoms with Gasteiger partial charge in [-0.15, -0.1) is 0 Å². The maximum Gasteiger partial charge on any atom is 0.276 e. The number of hydrogen-bond acceptors (Lipinski definition) is 3. The monoisotopic (exact) mass is 342 g/mol. The molecular formula is C17H15ClN4O2. The number of aromatic nitrogens is 3. The first-order valence-corrected chi connectivity index (χ1v) is 7.65. The van der Waals surface area contributed by atoms with E-state index in [0.717, 1.165) is 11.4 Å². The van der Waals surface area contributed by atoms with Crippen LogP contribution < -0.4 is 10.9 Å². The number of carbonyl (C=O) groups excluding carboxylic acids is 1. The lowest BCUT2D eigenvalue weighted by Crippen LogP contribution is -2.16. The SMILES string of the molecule is Cc1cc(NC(=O)c2cc(C)n(-c3cccc(Cl)c3)n2)c[nH]c1=O. The summed E-state index contributed by atoms with van der Waals surface area (Å²) >= 11 is 6.00. The van der Waals surface area contributed by atoms with E-state index in [1.165, 1.54) is 6.20 Å².